The van der Waals surface area contributed by atoms with Crippen molar-refractivity contribution in [1.29, 1.82) is 0 Å². The Morgan fingerprint density at radius 1 is 1.35 bits per heavy atom. The van der Waals surface area contributed by atoms with Gasteiger partial charge in [-0.15, -0.1) is 11.8 Å². The summed E-state index contributed by atoms with van der Waals surface area (Å²) in [4.78, 5) is 16.4. The average Bonchev–Trinajstić information content (AvgIpc) is 2.99. The quantitative estimate of drug-likeness (QED) is 0.803. The van der Waals surface area contributed by atoms with E-state index in [9.17, 15) is 4.79 Å². The van der Waals surface area contributed by atoms with Crippen molar-refractivity contribution in [2.24, 2.45) is 0 Å². The van der Waals surface area contributed by atoms with Crippen molar-refractivity contribution in [2.75, 3.05) is 0 Å². The summed E-state index contributed by atoms with van der Waals surface area (Å²) in [6.45, 7) is 6.56. The topological polar surface area (TPSA) is 68.0 Å². The Labute approximate surface area is 141 Å². The van der Waals surface area contributed by atoms with Crippen LogP contribution < -0.4 is 5.32 Å². The van der Waals surface area contributed by atoms with E-state index in [-0.39, 0.29) is 11.2 Å². The summed E-state index contributed by atoms with van der Waals surface area (Å²) < 4.78 is 5.17. The minimum Gasteiger partial charge on any atom is -0.351 e. The Kier molecular flexibility index (Phi) is 6.65. The number of nitrogens with zero attached hydrogens (tertiary/aromatic N) is 2. The van der Waals surface area contributed by atoms with E-state index in [1.165, 1.54) is 17.3 Å². The van der Waals surface area contributed by atoms with Crippen LogP contribution in [0.1, 0.15) is 43.1 Å². The molecule has 0 aliphatic heterocycles. The normalized spacial score (nSPS) is 12.1. The Balaban J connectivity index is 1.74. The third-order valence-corrected chi connectivity index (χ3v) is 4.52. The van der Waals surface area contributed by atoms with Crippen LogP contribution in [0, 0.1) is 6.92 Å². The van der Waals surface area contributed by atoms with E-state index in [0.29, 0.717) is 18.2 Å². The van der Waals surface area contributed by atoms with Gasteiger partial charge in [0.15, 0.2) is 5.82 Å². The number of thioether (sulfide) groups is 1. The van der Waals surface area contributed by atoms with Crippen molar-refractivity contribution in [1.82, 2.24) is 15.5 Å². The van der Waals surface area contributed by atoms with E-state index in [1.807, 2.05) is 38.1 Å². The van der Waals surface area contributed by atoms with Gasteiger partial charge in [-0.3, -0.25) is 4.79 Å². The molecule has 1 unspecified atom stereocenters. The second kappa shape index (κ2) is 8.72. The molecular weight excluding hydrogens is 310 g/mol. The van der Waals surface area contributed by atoms with Crippen molar-refractivity contribution in [2.45, 2.75) is 51.2 Å². The van der Waals surface area contributed by atoms with Crippen LogP contribution in [0.3, 0.4) is 0 Å². The zero-order valence-electron chi connectivity index (χ0n) is 13.8. The lowest BCUT2D eigenvalue weighted by Gasteiger charge is -2.11. The van der Waals surface area contributed by atoms with Gasteiger partial charge in [0.2, 0.25) is 11.8 Å². The van der Waals surface area contributed by atoms with E-state index >= 15 is 0 Å². The predicted molar refractivity (Wildman–Crippen MR) is 92.1 cm³/mol. The van der Waals surface area contributed by atoms with E-state index in [2.05, 4.69) is 22.4 Å². The molecule has 2 aromatic rings. The average molecular weight is 333 g/mol. The van der Waals surface area contributed by atoms with Gasteiger partial charge in [-0.25, -0.2) is 0 Å². The lowest BCUT2D eigenvalue weighted by molar-refractivity contribution is -0.120. The van der Waals surface area contributed by atoms with Crippen LogP contribution in [0.25, 0.3) is 0 Å². The number of carbonyl (C=O) groups excluding carboxylic acids is 1. The van der Waals surface area contributed by atoms with Crippen LogP contribution in [-0.4, -0.2) is 21.3 Å². The van der Waals surface area contributed by atoms with Crippen LogP contribution in [0.2, 0.25) is 0 Å². The standard InChI is InChI=1S/C17H23N3O2S/c1-4-5-15-19-16(22-20-15)11-23-13(3)17(21)18-10-14-8-6-12(2)7-9-14/h6-9,13H,4-5,10-11H2,1-3H3,(H,18,21). The summed E-state index contributed by atoms with van der Waals surface area (Å²) in [6, 6.07) is 8.15. The molecule has 124 valence electrons. The highest BCUT2D eigenvalue weighted by Crippen LogP contribution is 2.17. The summed E-state index contributed by atoms with van der Waals surface area (Å²) in [5, 5.41) is 6.70. The smallest absolute Gasteiger partial charge is 0.236 e. The monoisotopic (exact) mass is 333 g/mol. The Bertz CT molecular complexity index is 625. The molecule has 23 heavy (non-hydrogen) atoms. The van der Waals surface area contributed by atoms with Crippen molar-refractivity contribution < 1.29 is 9.32 Å². The van der Waals surface area contributed by atoms with Gasteiger partial charge in [0.1, 0.15) is 0 Å². The fraction of sp³-hybridized carbons (Fsp3) is 0.471. The van der Waals surface area contributed by atoms with E-state index in [0.717, 1.165) is 24.2 Å². The zero-order chi connectivity index (χ0) is 16.7. The van der Waals surface area contributed by atoms with Crippen molar-refractivity contribution >= 4 is 17.7 Å². The number of aryl methyl sites for hydroxylation is 2. The Morgan fingerprint density at radius 2 is 2.09 bits per heavy atom. The van der Waals surface area contributed by atoms with Crippen LogP contribution in [0.4, 0.5) is 0 Å². The number of amides is 1. The summed E-state index contributed by atoms with van der Waals surface area (Å²) >= 11 is 1.50. The van der Waals surface area contributed by atoms with Gasteiger partial charge in [-0.2, -0.15) is 4.98 Å². The molecule has 1 amide bonds. The first kappa shape index (κ1) is 17.5. The van der Waals surface area contributed by atoms with Gasteiger partial charge < -0.3 is 9.84 Å². The largest absolute Gasteiger partial charge is 0.351 e. The molecule has 0 fully saturated rings. The van der Waals surface area contributed by atoms with E-state index in [1.54, 1.807) is 0 Å². The first-order chi connectivity index (χ1) is 11.1. The van der Waals surface area contributed by atoms with Crippen LogP contribution >= 0.6 is 11.8 Å². The fourth-order valence-corrected chi connectivity index (χ4v) is 2.73. The Hall–Kier alpha value is -1.82. The molecule has 0 bridgehead atoms. The summed E-state index contributed by atoms with van der Waals surface area (Å²) in [5.41, 5.74) is 2.31. The number of nitrogens with one attached hydrogen (secondary N) is 1. The van der Waals surface area contributed by atoms with Crippen molar-refractivity contribution in [3.8, 4) is 0 Å². The van der Waals surface area contributed by atoms with E-state index < -0.39 is 0 Å². The lowest BCUT2D eigenvalue weighted by atomic mass is 10.1. The molecule has 6 heteroatoms. The molecule has 0 saturated heterocycles. The first-order valence-electron chi connectivity index (χ1n) is 7.84. The highest BCUT2D eigenvalue weighted by molar-refractivity contribution is 7.99. The molecule has 5 nitrogen and oxygen atoms in total. The maximum Gasteiger partial charge on any atom is 0.236 e. The molecule has 1 heterocycles. The minimum atomic E-state index is -0.165. The highest BCUT2D eigenvalue weighted by Gasteiger charge is 2.15. The predicted octanol–water partition coefficient (Wildman–Crippen LogP) is 3.27. The maximum absolute atomic E-state index is 12.1. The third kappa shape index (κ3) is 5.71. The molecule has 0 aliphatic carbocycles. The molecule has 0 radical (unpaired) electrons. The maximum atomic E-state index is 12.1. The number of hydrogen-bond donors (Lipinski definition) is 1. The van der Waals surface area contributed by atoms with Gasteiger partial charge in [0.25, 0.3) is 0 Å². The van der Waals surface area contributed by atoms with Gasteiger partial charge in [-0.1, -0.05) is 41.9 Å². The molecule has 2 rings (SSSR count). The summed E-state index contributed by atoms with van der Waals surface area (Å²) in [7, 11) is 0. The van der Waals surface area contributed by atoms with Gasteiger partial charge in [0.05, 0.1) is 11.0 Å². The molecule has 1 N–H and O–H groups in total. The highest BCUT2D eigenvalue weighted by atomic mass is 32.2. The first-order valence-corrected chi connectivity index (χ1v) is 8.89. The number of hydrogen-bond acceptors (Lipinski definition) is 5. The second-order valence-electron chi connectivity index (χ2n) is 5.51. The second-order valence-corrected chi connectivity index (χ2v) is 6.84. The zero-order valence-corrected chi connectivity index (χ0v) is 14.7. The molecule has 0 aliphatic rings. The molecule has 1 atom stereocenters. The minimum absolute atomic E-state index is 0.0175. The summed E-state index contributed by atoms with van der Waals surface area (Å²) in [5.74, 6) is 1.88. The van der Waals surface area contributed by atoms with Crippen LogP contribution in [-0.2, 0) is 23.5 Å². The number of benzene rings is 1. The molecule has 1 aromatic heterocycles. The molecule has 0 spiro atoms. The summed E-state index contributed by atoms with van der Waals surface area (Å²) in [6.07, 6.45) is 1.81. The van der Waals surface area contributed by atoms with Crippen LogP contribution in [0.5, 0.6) is 0 Å². The number of rotatable bonds is 8. The van der Waals surface area contributed by atoms with Gasteiger partial charge >= 0.3 is 0 Å². The SMILES string of the molecule is CCCc1noc(CSC(C)C(=O)NCc2ccc(C)cc2)n1. The van der Waals surface area contributed by atoms with Crippen molar-refractivity contribution in [3.63, 3.8) is 0 Å². The Morgan fingerprint density at radius 3 is 2.78 bits per heavy atom. The lowest BCUT2D eigenvalue weighted by Crippen LogP contribution is -2.30. The molecule has 0 saturated carbocycles. The van der Waals surface area contributed by atoms with Crippen LogP contribution in [0.15, 0.2) is 28.8 Å². The molecular formula is C17H23N3O2S. The third-order valence-electron chi connectivity index (χ3n) is 3.40. The fourth-order valence-electron chi connectivity index (χ4n) is 1.98. The van der Waals surface area contributed by atoms with E-state index in [4.69, 9.17) is 4.52 Å². The van der Waals surface area contributed by atoms with Gasteiger partial charge in [-0.05, 0) is 25.8 Å². The number of carbonyl (C=O) groups is 1. The number of aromatic nitrogens is 2. The van der Waals surface area contributed by atoms with Crippen molar-refractivity contribution in [3.05, 3.63) is 47.1 Å². The molecule has 1 aromatic carbocycles. The van der Waals surface area contributed by atoms with Gasteiger partial charge in [0, 0.05) is 13.0 Å².